The van der Waals surface area contributed by atoms with E-state index in [1.54, 1.807) is 10.9 Å². The highest BCUT2D eigenvalue weighted by Crippen LogP contribution is 2.41. The van der Waals surface area contributed by atoms with Crippen molar-refractivity contribution in [3.8, 4) is 17.5 Å². The van der Waals surface area contributed by atoms with E-state index in [0.29, 0.717) is 30.5 Å². The van der Waals surface area contributed by atoms with Crippen LogP contribution in [0.4, 0.5) is 13.2 Å². The molecule has 1 fully saturated rings. The molecule has 8 heteroatoms. The van der Waals surface area contributed by atoms with E-state index in [9.17, 15) is 23.1 Å². The van der Waals surface area contributed by atoms with Gasteiger partial charge >= 0.3 is 12.1 Å². The number of alkyl halides is 3. The number of carboxylic acids is 1. The summed E-state index contributed by atoms with van der Waals surface area (Å²) in [6, 6.07) is 14.2. The normalized spacial score (nSPS) is 19.0. The van der Waals surface area contributed by atoms with Crippen LogP contribution >= 0.6 is 0 Å². The Balaban J connectivity index is 1.72. The maximum absolute atomic E-state index is 13.2. The monoisotopic (exact) mass is 507 g/mol. The largest absolute Gasteiger partial charge is 0.481 e. The van der Waals surface area contributed by atoms with Crippen LogP contribution in [0, 0.1) is 17.8 Å². The minimum absolute atomic E-state index is 0.0195. The first-order valence-corrected chi connectivity index (χ1v) is 12.0. The van der Waals surface area contributed by atoms with Gasteiger partial charge in [0.25, 0.3) is 0 Å². The molecule has 5 nitrogen and oxygen atoms in total. The lowest BCUT2D eigenvalue weighted by molar-refractivity contribution is -0.139. The topological polar surface area (TPSA) is 58.4 Å². The number of benzene rings is 2. The number of carboxylic acid groups (broad SMARTS) is 1. The number of nitrogens with zero attached hydrogens (tertiary/aromatic N) is 3. The number of hydrogen-bond donors (Lipinski definition) is 1. The quantitative estimate of drug-likeness (QED) is 0.390. The standard InChI is InChI=1S/C29H28F3N3O2/c1-20(2)4-13-26(22-7-11-25(12-8-22)35-16-3-15-33-35)34-17-14-21(19-28(36)37)18-27(34)23-5-9-24(10-6-23)29(30,31)32/h3,5-12,15-16,21,26-27H,1,14,17-19H2,2H3,(H,36,37)/t21-,26-,27+/m1/s1. The van der Waals surface area contributed by atoms with E-state index in [4.69, 9.17) is 0 Å². The number of allylic oxidation sites excluding steroid dienone is 1. The summed E-state index contributed by atoms with van der Waals surface area (Å²) >= 11 is 0. The van der Waals surface area contributed by atoms with E-state index in [1.165, 1.54) is 12.1 Å². The molecule has 37 heavy (non-hydrogen) atoms. The Morgan fingerprint density at radius 1 is 1.19 bits per heavy atom. The SMILES string of the molecule is C=C(C)C#C[C@H](c1ccc(-n2cccn2)cc1)N1CC[C@@H](CC(=O)O)C[C@H]1c1ccc(C(F)(F)F)cc1. The second kappa shape index (κ2) is 11.1. The number of piperidine rings is 1. The summed E-state index contributed by atoms with van der Waals surface area (Å²) in [7, 11) is 0. The van der Waals surface area contributed by atoms with Crippen LogP contribution in [0.3, 0.4) is 0 Å². The van der Waals surface area contributed by atoms with E-state index in [1.807, 2.05) is 43.5 Å². The number of likely N-dealkylation sites (tertiary alicyclic amines) is 1. The van der Waals surface area contributed by atoms with Crippen molar-refractivity contribution in [1.82, 2.24) is 14.7 Å². The third-order valence-electron chi connectivity index (χ3n) is 6.57. The Morgan fingerprint density at radius 3 is 2.46 bits per heavy atom. The van der Waals surface area contributed by atoms with Gasteiger partial charge in [0, 0.05) is 31.4 Å². The fourth-order valence-corrected chi connectivity index (χ4v) is 4.80. The number of hydrogen-bond acceptors (Lipinski definition) is 3. The van der Waals surface area contributed by atoms with Crippen LogP contribution in [-0.2, 0) is 11.0 Å². The van der Waals surface area contributed by atoms with Crippen LogP contribution in [-0.4, -0.2) is 32.3 Å². The molecular weight excluding hydrogens is 479 g/mol. The highest BCUT2D eigenvalue weighted by molar-refractivity contribution is 5.67. The van der Waals surface area contributed by atoms with Crippen LogP contribution in [0.5, 0.6) is 0 Å². The predicted molar refractivity (Wildman–Crippen MR) is 135 cm³/mol. The number of carbonyl (C=O) groups is 1. The van der Waals surface area contributed by atoms with Crippen LogP contribution < -0.4 is 0 Å². The van der Waals surface area contributed by atoms with Crippen molar-refractivity contribution in [2.24, 2.45) is 5.92 Å². The number of halogens is 3. The molecule has 1 aliphatic rings. The first kappa shape index (κ1) is 26.2. The van der Waals surface area contributed by atoms with E-state index >= 15 is 0 Å². The molecule has 0 aliphatic carbocycles. The molecule has 0 bridgehead atoms. The highest BCUT2D eigenvalue weighted by Gasteiger charge is 2.36. The molecule has 1 saturated heterocycles. The number of aliphatic carboxylic acids is 1. The summed E-state index contributed by atoms with van der Waals surface area (Å²) in [6.07, 6.45) is 0.300. The molecule has 0 unspecified atom stereocenters. The van der Waals surface area contributed by atoms with E-state index < -0.39 is 17.7 Å². The van der Waals surface area contributed by atoms with Gasteiger partial charge in [0.15, 0.2) is 0 Å². The van der Waals surface area contributed by atoms with Crippen LogP contribution in [0.15, 0.2) is 79.1 Å². The van der Waals surface area contributed by atoms with Gasteiger partial charge in [-0.1, -0.05) is 42.7 Å². The van der Waals surface area contributed by atoms with Crippen molar-refractivity contribution in [3.05, 3.63) is 95.8 Å². The smallest absolute Gasteiger partial charge is 0.416 e. The number of aromatic nitrogens is 2. The zero-order chi connectivity index (χ0) is 26.6. The fourth-order valence-electron chi connectivity index (χ4n) is 4.80. The Bertz CT molecular complexity index is 1290. The molecule has 0 amide bonds. The maximum atomic E-state index is 13.2. The molecule has 2 heterocycles. The molecule has 0 saturated carbocycles. The first-order valence-electron chi connectivity index (χ1n) is 12.0. The van der Waals surface area contributed by atoms with Crippen molar-refractivity contribution >= 4 is 5.97 Å². The zero-order valence-corrected chi connectivity index (χ0v) is 20.4. The molecule has 1 aromatic heterocycles. The predicted octanol–water partition coefficient (Wildman–Crippen LogP) is 6.44. The molecular formula is C29H28F3N3O2. The molecule has 2 aromatic carbocycles. The van der Waals surface area contributed by atoms with Crippen molar-refractivity contribution in [2.45, 2.75) is 44.4 Å². The fraction of sp³-hybridized carbons (Fsp3) is 0.310. The molecule has 4 rings (SSSR count). The van der Waals surface area contributed by atoms with Gasteiger partial charge in [-0.25, -0.2) is 4.68 Å². The molecule has 192 valence electrons. The van der Waals surface area contributed by atoms with Crippen LogP contribution in [0.2, 0.25) is 0 Å². The summed E-state index contributed by atoms with van der Waals surface area (Å²) in [5.41, 5.74) is 2.51. The first-order chi connectivity index (χ1) is 17.6. The third kappa shape index (κ3) is 6.49. The molecule has 1 aliphatic heterocycles. The van der Waals surface area contributed by atoms with Crippen molar-refractivity contribution < 1.29 is 23.1 Å². The molecule has 0 radical (unpaired) electrons. The highest BCUT2D eigenvalue weighted by atomic mass is 19.4. The molecule has 3 aromatic rings. The van der Waals surface area contributed by atoms with Gasteiger partial charge < -0.3 is 5.11 Å². The van der Waals surface area contributed by atoms with Gasteiger partial charge in [-0.05, 0) is 72.7 Å². The van der Waals surface area contributed by atoms with Gasteiger partial charge in [-0.2, -0.15) is 18.3 Å². The van der Waals surface area contributed by atoms with E-state index in [0.717, 1.165) is 23.4 Å². The minimum atomic E-state index is -4.43. The summed E-state index contributed by atoms with van der Waals surface area (Å²) < 4.78 is 41.3. The Morgan fingerprint density at radius 2 is 1.89 bits per heavy atom. The lowest BCUT2D eigenvalue weighted by Gasteiger charge is -2.42. The second-order valence-corrected chi connectivity index (χ2v) is 9.36. The van der Waals surface area contributed by atoms with E-state index in [-0.39, 0.29) is 24.4 Å². The molecule has 0 spiro atoms. The number of rotatable bonds is 6. The average molecular weight is 508 g/mol. The van der Waals surface area contributed by atoms with Gasteiger partial charge in [-0.15, -0.1) is 0 Å². The van der Waals surface area contributed by atoms with Crippen molar-refractivity contribution in [3.63, 3.8) is 0 Å². The molecule has 1 N–H and O–H groups in total. The van der Waals surface area contributed by atoms with Crippen molar-refractivity contribution in [2.75, 3.05) is 6.54 Å². The van der Waals surface area contributed by atoms with Crippen LogP contribution in [0.1, 0.15) is 55.0 Å². The summed E-state index contributed by atoms with van der Waals surface area (Å²) in [5.74, 6) is 5.43. The van der Waals surface area contributed by atoms with Gasteiger partial charge in [-0.3, -0.25) is 9.69 Å². The lowest BCUT2D eigenvalue weighted by Crippen LogP contribution is -2.39. The van der Waals surface area contributed by atoms with Gasteiger partial charge in [0.2, 0.25) is 0 Å². The average Bonchev–Trinajstić information content (AvgIpc) is 3.39. The summed E-state index contributed by atoms with van der Waals surface area (Å²) in [5, 5.41) is 13.6. The Kier molecular flexibility index (Phi) is 7.84. The summed E-state index contributed by atoms with van der Waals surface area (Å²) in [4.78, 5) is 13.6. The van der Waals surface area contributed by atoms with Gasteiger partial charge in [0.1, 0.15) is 0 Å². The molecule has 3 atom stereocenters. The van der Waals surface area contributed by atoms with Gasteiger partial charge in [0.05, 0.1) is 17.3 Å². The lowest BCUT2D eigenvalue weighted by atomic mass is 9.83. The zero-order valence-electron chi connectivity index (χ0n) is 20.4. The van der Waals surface area contributed by atoms with E-state index in [2.05, 4.69) is 28.4 Å². The summed E-state index contributed by atoms with van der Waals surface area (Å²) in [6.45, 7) is 6.27. The van der Waals surface area contributed by atoms with Crippen molar-refractivity contribution in [1.29, 1.82) is 0 Å². The Labute approximate surface area is 214 Å². The Hall–Kier alpha value is -3.83. The maximum Gasteiger partial charge on any atom is 0.416 e. The van der Waals surface area contributed by atoms with Crippen LogP contribution in [0.25, 0.3) is 5.69 Å². The third-order valence-corrected chi connectivity index (χ3v) is 6.57. The second-order valence-electron chi connectivity index (χ2n) is 9.36. The minimum Gasteiger partial charge on any atom is -0.481 e.